The molecule has 0 radical (unpaired) electrons. The zero-order valence-corrected chi connectivity index (χ0v) is 19.6. The van der Waals surface area contributed by atoms with E-state index in [0.29, 0.717) is 0 Å². The molecule has 1 aliphatic rings. The normalized spacial score (nSPS) is 17.0. The van der Waals surface area contributed by atoms with E-state index in [1.165, 1.54) is 42.1 Å². The molecule has 1 N–H and O–H groups in total. The van der Waals surface area contributed by atoms with Gasteiger partial charge in [0, 0.05) is 26.2 Å². The number of piperazine rings is 1. The molecule has 3 rings (SSSR count). The third-order valence-electron chi connectivity index (χ3n) is 4.94. The highest BCUT2D eigenvalue weighted by atomic mass is 35.5. The topological polar surface area (TPSA) is 130 Å². The summed E-state index contributed by atoms with van der Waals surface area (Å²) in [5.74, 6) is -0.326. The van der Waals surface area contributed by atoms with E-state index in [1.54, 1.807) is 12.1 Å². The van der Waals surface area contributed by atoms with Gasteiger partial charge in [-0.05, 0) is 32.9 Å². The lowest BCUT2D eigenvalue weighted by Gasteiger charge is -2.35. The minimum atomic E-state index is -4.01. The molecule has 13 heteroatoms. The maximum Gasteiger partial charge on any atom is 0.246 e. The van der Waals surface area contributed by atoms with Crippen LogP contribution >= 0.6 is 11.6 Å². The van der Waals surface area contributed by atoms with E-state index in [2.05, 4.69) is 9.88 Å². The molecule has 1 aromatic heterocycles. The fourth-order valence-electron chi connectivity index (χ4n) is 3.42. The Balaban J connectivity index is 1.66. The molecule has 1 fully saturated rings. The maximum absolute atomic E-state index is 12.8. The highest BCUT2D eigenvalue weighted by molar-refractivity contribution is 7.89. The van der Waals surface area contributed by atoms with E-state index >= 15 is 0 Å². The Morgan fingerprint density at radius 2 is 1.74 bits per heavy atom. The van der Waals surface area contributed by atoms with Crippen molar-refractivity contribution >= 4 is 37.6 Å². The Morgan fingerprint density at radius 1 is 1.13 bits per heavy atom. The number of benzene rings is 1. The zero-order chi connectivity index (χ0) is 23.0. The number of carbonyl (C=O) groups excluding carboxylic acids is 1. The monoisotopic (exact) mass is 490 g/mol. The quantitative estimate of drug-likeness (QED) is 0.642. The molecule has 1 saturated heterocycles. The summed E-state index contributed by atoms with van der Waals surface area (Å²) >= 11 is 6.03. The molecular formula is C18H23ClN4O6S2. The van der Waals surface area contributed by atoms with Crippen molar-refractivity contribution in [3.05, 3.63) is 40.7 Å². The molecule has 2 heterocycles. The molecule has 0 bridgehead atoms. The van der Waals surface area contributed by atoms with Crippen LogP contribution in [0.5, 0.6) is 0 Å². The largest absolute Gasteiger partial charge is 0.360 e. The van der Waals surface area contributed by atoms with Gasteiger partial charge >= 0.3 is 0 Å². The molecule has 10 nitrogen and oxygen atoms in total. The highest BCUT2D eigenvalue weighted by Crippen LogP contribution is 2.25. The molecule has 0 unspecified atom stereocenters. The van der Waals surface area contributed by atoms with Gasteiger partial charge in [0.25, 0.3) is 0 Å². The third-order valence-corrected chi connectivity index (χ3v) is 9.13. The molecule has 0 spiro atoms. The van der Waals surface area contributed by atoms with Crippen molar-refractivity contribution in [2.24, 2.45) is 0 Å². The van der Waals surface area contributed by atoms with Crippen LogP contribution in [0.4, 0.5) is 0 Å². The molecule has 170 valence electrons. The number of nitrogens with zero attached hydrogens (tertiary/aromatic N) is 3. The van der Waals surface area contributed by atoms with E-state index in [0.717, 1.165) is 0 Å². The molecule has 1 amide bonds. The first-order valence-corrected chi connectivity index (χ1v) is 12.7. The van der Waals surface area contributed by atoms with Gasteiger partial charge in [-0.3, -0.25) is 4.79 Å². The first kappa shape index (κ1) is 23.7. The van der Waals surface area contributed by atoms with Crippen LogP contribution in [-0.4, -0.2) is 69.3 Å². The first-order valence-electron chi connectivity index (χ1n) is 9.44. The summed E-state index contributed by atoms with van der Waals surface area (Å²) in [5.41, 5.74) is 0.197. The molecule has 2 aromatic rings. The van der Waals surface area contributed by atoms with Crippen LogP contribution in [0.3, 0.4) is 0 Å². The van der Waals surface area contributed by atoms with Gasteiger partial charge in [-0.2, -0.15) is 9.03 Å². The average Bonchev–Trinajstić information content (AvgIpc) is 3.06. The highest BCUT2D eigenvalue weighted by Gasteiger charge is 2.34. The molecule has 0 saturated carbocycles. The lowest BCUT2D eigenvalue weighted by atomic mass is 10.2. The Hall–Kier alpha value is -1.99. The van der Waals surface area contributed by atoms with Gasteiger partial charge in [-0.15, -0.1) is 0 Å². The second-order valence-corrected chi connectivity index (χ2v) is 11.1. The van der Waals surface area contributed by atoms with Gasteiger partial charge < -0.3 is 9.42 Å². The SMILES string of the molecule is Cc1noc(C)c1S(=O)(=O)N[C@@H](C)C(=O)N1CCN(S(=O)(=O)c2ccccc2Cl)CC1. The summed E-state index contributed by atoms with van der Waals surface area (Å²) < 4.78 is 59.4. The van der Waals surface area contributed by atoms with Crippen LogP contribution in [0, 0.1) is 13.8 Å². The van der Waals surface area contributed by atoms with Crippen molar-refractivity contribution in [1.82, 2.24) is 19.1 Å². The number of sulfonamides is 2. The number of nitrogens with one attached hydrogen (secondary N) is 1. The predicted molar refractivity (Wildman–Crippen MR) is 113 cm³/mol. The fraction of sp³-hybridized carbons (Fsp3) is 0.444. The average molecular weight is 491 g/mol. The molecular weight excluding hydrogens is 468 g/mol. The van der Waals surface area contributed by atoms with Crippen LogP contribution in [0.2, 0.25) is 5.02 Å². The van der Waals surface area contributed by atoms with Crippen molar-refractivity contribution in [1.29, 1.82) is 0 Å². The van der Waals surface area contributed by atoms with Crippen molar-refractivity contribution in [2.45, 2.75) is 36.6 Å². The van der Waals surface area contributed by atoms with E-state index in [1.807, 2.05) is 0 Å². The molecule has 31 heavy (non-hydrogen) atoms. The second kappa shape index (κ2) is 8.87. The van der Waals surface area contributed by atoms with Crippen LogP contribution in [0.15, 0.2) is 38.6 Å². The number of rotatable bonds is 6. The molecule has 1 aliphatic heterocycles. The van der Waals surface area contributed by atoms with Crippen molar-refractivity contribution < 1.29 is 26.2 Å². The summed E-state index contributed by atoms with van der Waals surface area (Å²) in [6, 6.07) is 5.11. The Kier molecular flexibility index (Phi) is 6.77. The summed E-state index contributed by atoms with van der Waals surface area (Å²) in [6.45, 7) is 4.80. The lowest BCUT2D eigenvalue weighted by molar-refractivity contribution is -0.133. The summed E-state index contributed by atoms with van der Waals surface area (Å²) in [5, 5.41) is 3.75. The van der Waals surface area contributed by atoms with Crippen LogP contribution < -0.4 is 4.72 Å². The number of hydrogen-bond acceptors (Lipinski definition) is 7. The standard InChI is InChI=1S/C18H23ClN4O6S2/c1-12-17(14(3)29-20-12)30(25,26)21-13(2)18(24)22-8-10-23(11-9-22)31(27,28)16-7-5-4-6-15(16)19/h4-7,13,21H,8-11H2,1-3H3/t13-/m0/s1. The van der Waals surface area contributed by atoms with E-state index in [-0.39, 0.29) is 52.4 Å². The molecule has 1 aromatic carbocycles. The summed E-state index contributed by atoms with van der Waals surface area (Å²) in [6.07, 6.45) is 0. The van der Waals surface area contributed by atoms with Gasteiger partial charge in [0.05, 0.1) is 11.1 Å². The Labute approximate surface area is 186 Å². The number of carbonyl (C=O) groups is 1. The fourth-order valence-corrected chi connectivity index (χ4v) is 6.86. The zero-order valence-electron chi connectivity index (χ0n) is 17.2. The molecule has 1 atom stereocenters. The van der Waals surface area contributed by atoms with E-state index in [4.69, 9.17) is 16.1 Å². The van der Waals surface area contributed by atoms with Crippen LogP contribution in [-0.2, 0) is 24.8 Å². The Bertz CT molecular complexity index is 1170. The smallest absolute Gasteiger partial charge is 0.246 e. The van der Waals surface area contributed by atoms with E-state index < -0.39 is 32.0 Å². The van der Waals surface area contributed by atoms with Gasteiger partial charge in [-0.25, -0.2) is 16.8 Å². The Morgan fingerprint density at radius 3 is 2.29 bits per heavy atom. The van der Waals surface area contributed by atoms with Gasteiger partial charge in [0.1, 0.15) is 15.5 Å². The van der Waals surface area contributed by atoms with Gasteiger partial charge in [-0.1, -0.05) is 28.9 Å². The van der Waals surface area contributed by atoms with Gasteiger partial charge in [0.2, 0.25) is 26.0 Å². The number of hydrogen-bond donors (Lipinski definition) is 1. The number of amides is 1. The van der Waals surface area contributed by atoms with Crippen LogP contribution in [0.25, 0.3) is 0 Å². The van der Waals surface area contributed by atoms with Gasteiger partial charge in [0.15, 0.2) is 5.76 Å². The van der Waals surface area contributed by atoms with Crippen molar-refractivity contribution in [3.8, 4) is 0 Å². The lowest BCUT2D eigenvalue weighted by Crippen LogP contribution is -2.55. The number of aromatic nitrogens is 1. The number of aryl methyl sites for hydroxylation is 2. The predicted octanol–water partition coefficient (Wildman–Crippen LogP) is 1.14. The summed E-state index contributed by atoms with van der Waals surface area (Å²) in [7, 11) is -7.81. The summed E-state index contributed by atoms with van der Waals surface area (Å²) in [4.78, 5) is 14.1. The first-order chi connectivity index (χ1) is 14.4. The van der Waals surface area contributed by atoms with Crippen molar-refractivity contribution in [3.63, 3.8) is 0 Å². The second-order valence-electron chi connectivity index (χ2n) is 7.16. The number of halogens is 1. The molecule has 0 aliphatic carbocycles. The minimum absolute atomic E-state index is 0.0111. The van der Waals surface area contributed by atoms with Crippen molar-refractivity contribution in [2.75, 3.05) is 26.2 Å². The minimum Gasteiger partial charge on any atom is -0.360 e. The third kappa shape index (κ3) is 4.77. The van der Waals surface area contributed by atoms with E-state index in [9.17, 15) is 21.6 Å². The van der Waals surface area contributed by atoms with Crippen LogP contribution in [0.1, 0.15) is 18.4 Å². The maximum atomic E-state index is 12.8.